The molecular formula is C14H23ClN2O3S. The van der Waals surface area contributed by atoms with Gasteiger partial charge in [0.2, 0.25) is 5.91 Å². The molecule has 0 aromatic heterocycles. The Hall–Kier alpha value is -1.11. The fourth-order valence-electron chi connectivity index (χ4n) is 1.70. The molecule has 1 rings (SSSR count). The van der Waals surface area contributed by atoms with Crippen molar-refractivity contribution < 1.29 is 13.2 Å². The number of hydrogen-bond donors (Lipinski definition) is 2. The van der Waals surface area contributed by atoms with Gasteiger partial charge in [-0.1, -0.05) is 26.0 Å². The van der Waals surface area contributed by atoms with Crippen LogP contribution in [0.15, 0.2) is 29.2 Å². The summed E-state index contributed by atoms with van der Waals surface area (Å²) in [7, 11) is -3.20. The van der Waals surface area contributed by atoms with Crippen LogP contribution in [0.3, 0.4) is 0 Å². The summed E-state index contributed by atoms with van der Waals surface area (Å²) in [5.74, 6) is -0.144. The molecule has 2 unspecified atom stereocenters. The first-order chi connectivity index (χ1) is 9.12. The smallest absolute Gasteiger partial charge is 0.237 e. The minimum atomic E-state index is -3.20. The van der Waals surface area contributed by atoms with E-state index in [1.54, 1.807) is 12.1 Å². The second-order valence-corrected chi connectivity index (χ2v) is 7.36. The molecule has 7 heteroatoms. The van der Waals surface area contributed by atoms with Crippen LogP contribution in [0.4, 0.5) is 0 Å². The minimum Gasteiger partial charge on any atom is -0.348 e. The molecule has 3 N–H and O–H groups in total. The molecule has 0 bridgehead atoms. The molecule has 1 aromatic rings. The Morgan fingerprint density at radius 1 is 1.14 bits per heavy atom. The van der Waals surface area contributed by atoms with Crippen LogP contribution in [-0.4, -0.2) is 26.6 Å². The van der Waals surface area contributed by atoms with Gasteiger partial charge in [-0.25, -0.2) is 8.42 Å². The van der Waals surface area contributed by atoms with E-state index in [1.807, 2.05) is 20.8 Å². The monoisotopic (exact) mass is 334 g/mol. The average molecular weight is 335 g/mol. The number of benzene rings is 1. The Morgan fingerprint density at radius 3 is 2.00 bits per heavy atom. The molecule has 0 aliphatic rings. The third-order valence-corrected chi connectivity index (χ3v) is 4.32. The van der Waals surface area contributed by atoms with Gasteiger partial charge in [-0.3, -0.25) is 4.79 Å². The third kappa shape index (κ3) is 5.65. The second kappa shape index (κ2) is 7.77. The van der Waals surface area contributed by atoms with Crippen molar-refractivity contribution in [2.24, 2.45) is 11.7 Å². The van der Waals surface area contributed by atoms with E-state index in [4.69, 9.17) is 5.73 Å². The van der Waals surface area contributed by atoms with Gasteiger partial charge >= 0.3 is 0 Å². The summed E-state index contributed by atoms with van der Waals surface area (Å²) in [6.07, 6.45) is 1.16. The number of halogens is 1. The zero-order valence-electron chi connectivity index (χ0n) is 12.7. The largest absolute Gasteiger partial charge is 0.348 e. The molecular weight excluding hydrogens is 312 g/mol. The standard InChI is InChI=1S/C14H22N2O3S.ClH/c1-9(2)13(15)14(17)16-10(3)11-5-7-12(8-6-11)20(4,18)19;/h5-10,13H,15H2,1-4H3,(H,16,17);1H. The lowest BCUT2D eigenvalue weighted by Crippen LogP contribution is -2.44. The third-order valence-electron chi connectivity index (χ3n) is 3.19. The topological polar surface area (TPSA) is 89.3 Å². The zero-order chi connectivity index (χ0) is 15.5. The van der Waals surface area contributed by atoms with Gasteiger partial charge in [0.25, 0.3) is 0 Å². The predicted octanol–water partition coefficient (Wildman–Crippen LogP) is 1.67. The molecule has 5 nitrogen and oxygen atoms in total. The van der Waals surface area contributed by atoms with Crippen molar-refractivity contribution in [3.63, 3.8) is 0 Å². The van der Waals surface area contributed by atoms with Crippen LogP contribution in [0.25, 0.3) is 0 Å². The van der Waals surface area contributed by atoms with Crippen LogP contribution in [-0.2, 0) is 14.6 Å². The SMILES string of the molecule is CC(NC(=O)C(N)C(C)C)c1ccc(S(C)(=O)=O)cc1.Cl. The molecule has 2 atom stereocenters. The van der Waals surface area contributed by atoms with Crippen LogP contribution in [0, 0.1) is 5.92 Å². The lowest BCUT2D eigenvalue weighted by molar-refractivity contribution is -0.123. The molecule has 21 heavy (non-hydrogen) atoms. The molecule has 1 amide bonds. The highest BCUT2D eigenvalue weighted by atomic mass is 35.5. The first-order valence-corrected chi connectivity index (χ1v) is 8.38. The van der Waals surface area contributed by atoms with E-state index < -0.39 is 15.9 Å². The van der Waals surface area contributed by atoms with Crippen LogP contribution >= 0.6 is 12.4 Å². The zero-order valence-corrected chi connectivity index (χ0v) is 14.3. The fourth-order valence-corrected chi connectivity index (χ4v) is 2.33. The lowest BCUT2D eigenvalue weighted by Gasteiger charge is -2.20. The van der Waals surface area contributed by atoms with Crippen molar-refractivity contribution in [1.82, 2.24) is 5.32 Å². The minimum absolute atomic E-state index is 0. The molecule has 0 saturated carbocycles. The second-order valence-electron chi connectivity index (χ2n) is 5.34. The molecule has 0 saturated heterocycles. The van der Waals surface area contributed by atoms with Gasteiger partial charge in [0.1, 0.15) is 0 Å². The Labute approximate surface area is 132 Å². The summed E-state index contributed by atoms with van der Waals surface area (Å²) < 4.78 is 22.7. The number of nitrogens with one attached hydrogen (secondary N) is 1. The quantitative estimate of drug-likeness (QED) is 0.857. The number of carbonyl (C=O) groups excluding carboxylic acids is 1. The summed E-state index contributed by atoms with van der Waals surface area (Å²) in [4.78, 5) is 12.1. The van der Waals surface area contributed by atoms with Gasteiger partial charge in [0.15, 0.2) is 9.84 Å². The average Bonchev–Trinajstić information content (AvgIpc) is 2.36. The number of sulfone groups is 1. The van der Waals surface area contributed by atoms with Crippen molar-refractivity contribution in [2.75, 3.05) is 6.26 Å². The Bertz CT molecular complexity index is 570. The van der Waals surface area contributed by atoms with Crippen LogP contribution in [0.1, 0.15) is 32.4 Å². The van der Waals surface area contributed by atoms with Gasteiger partial charge in [-0.15, -0.1) is 12.4 Å². The van der Waals surface area contributed by atoms with Crippen LogP contribution < -0.4 is 11.1 Å². The Balaban J connectivity index is 0.00000400. The number of carbonyl (C=O) groups is 1. The van der Waals surface area contributed by atoms with Crippen LogP contribution in [0.5, 0.6) is 0 Å². The molecule has 0 spiro atoms. The maximum absolute atomic E-state index is 11.9. The number of hydrogen-bond acceptors (Lipinski definition) is 4. The van der Waals surface area contributed by atoms with E-state index >= 15 is 0 Å². The first-order valence-electron chi connectivity index (χ1n) is 6.49. The Morgan fingerprint density at radius 2 is 1.62 bits per heavy atom. The molecule has 0 heterocycles. The molecule has 0 aliphatic heterocycles. The van der Waals surface area contributed by atoms with Gasteiger partial charge in [0.05, 0.1) is 17.0 Å². The maximum atomic E-state index is 11.9. The van der Waals surface area contributed by atoms with Gasteiger partial charge in [0, 0.05) is 6.26 Å². The van der Waals surface area contributed by atoms with E-state index in [0.29, 0.717) is 0 Å². The predicted molar refractivity (Wildman–Crippen MR) is 86.2 cm³/mol. The molecule has 0 fully saturated rings. The highest BCUT2D eigenvalue weighted by Gasteiger charge is 2.19. The number of rotatable bonds is 5. The van der Waals surface area contributed by atoms with Crippen molar-refractivity contribution in [1.29, 1.82) is 0 Å². The molecule has 120 valence electrons. The highest BCUT2D eigenvalue weighted by Crippen LogP contribution is 2.16. The Kier molecular flexibility index (Phi) is 7.36. The number of nitrogens with two attached hydrogens (primary N) is 1. The van der Waals surface area contributed by atoms with Crippen molar-refractivity contribution >= 4 is 28.2 Å². The maximum Gasteiger partial charge on any atom is 0.237 e. The van der Waals surface area contributed by atoms with E-state index in [0.717, 1.165) is 11.8 Å². The van der Waals surface area contributed by atoms with Gasteiger partial charge < -0.3 is 11.1 Å². The summed E-state index contributed by atoms with van der Waals surface area (Å²) in [6, 6.07) is 5.70. The van der Waals surface area contributed by atoms with Crippen molar-refractivity contribution in [3.05, 3.63) is 29.8 Å². The van der Waals surface area contributed by atoms with E-state index in [1.165, 1.54) is 12.1 Å². The van der Waals surface area contributed by atoms with Crippen molar-refractivity contribution in [2.45, 2.75) is 37.8 Å². The number of amides is 1. The summed E-state index contributed by atoms with van der Waals surface area (Å²) >= 11 is 0. The molecule has 0 radical (unpaired) electrons. The summed E-state index contributed by atoms with van der Waals surface area (Å²) in [5.41, 5.74) is 6.61. The van der Waals surface area contributed by atoms with Gasteiger partial charge in [-0.2, -0.15) is 0 Å². The fraction of sp³-hybridized carbons (Fsp3) is 0.500. The van der Waals surface area contributed by atoms with Crippen LogP contribution in [0.2, 0.25) is 0 Å². The lowest BCUT2D eigenvalue weighted by atomic mass is 10.0. The van der Waals surface area contributed by atoms with Gasteiger partial charge in [-0.05, 0) is 30.5 Å². The van der Waals surface area contributed by atoms with E-state index in [2.05, 4.69) is 5.32 Å². The normalized spacial score (nSPS) is 14.2. The molecule has 1 aromatic carbocycles. The summed E-state index contributed by atoms with van der Waals surface area (Å²) in [5, 5.41) is 2.82. The van der Waals surface area contributed by atoms with E-state index in [-0.39, 0.29) is 35.2 Å². The molecule has 0 aliphatic carbocycles. The first kappa shape index (κ1) is 19.9. The summed E-state index contributed by atoms with van der Waals surface area (Å²) in [6.45, 7) is 5.60. The van der Waals surface area contributed by atoms with E-state index in [9.17, 15) is 13.2 Å². The highest BCUT2D eigenvalue weighted by molar-refractivity contribution is 7.90. The van der Waals surface area contributed by atoms with Crippen molar-refractivity contribution in [3.8, 4) is 0 Å².